The van der Waals surface area contributed by atoms with Crippen LogP contribution in [-0.4, -0.2) is 35.4 Å². The lowest BCUT2D eigenvalue weighted by atomic mass is 10.1. The molecule has 0 aliphatic heterocycles. The Morgan fingerprint density at radius 3 is 2.26 bits per heavy atom. The molecule has 0 spiro atoms. The molecule has 0 aliphatic carbocycles. The summed E-state index contributed by atoms with van der Waals surface area (Å²) in [5.74, 6) is 0.110. The summed E-state index contributed by atoms with van der Waals surface area (Å²) >= 11 is 12.7. The fraction of sp³-hybridized carbons (Fsp3) is 0.417. The smallest absolute Gasteiger partial charge is 0.261 e. The molecule has 0 fully saturated rings. The number of amides is 2. The number of nitrogens with zero attached hydrogens (tertiary/aromatic N) is 1. The zero-order valence-corrected chi connectivity index (χ0v) is 20.0. The summed E-state index contributed by atoms with van der Waals surface area (Å²) in [6, 6.07) is 12.0. The molecule has 0 saturated carbocycles. The number of nitrogens with one attached hydrogen (secondary N) is 1. The van der Waals surface area contributed by atoms with Crippen LogP contribution in [0.5, 0.6) is 5.75 Å². The van der Waals surface area contributed by atoms with E-state index in [0.717, 1.165) is 12.0 Å². The molecule has 2 atom stereocenters. The topological polar surface area (TPSA) is 58.6 Å². The summed E-state index contributed by atoms with van der Waals surface area (Å²) in [5, 5.41) is 3.87. The summed E-state index contributed by atoms with van der Waals surface area (Å²) < 4.78 is 5.77. The lowest BCUT2D eigenvalue weighted by Gasteiger charge is -2.32. The van der Waals surface area contributed by atoms with Gasteiger partial charge in [-0.25, -0.2) is 0 Å². The summed E-state index contributed by atoms with van der Waals surface area (Å²) in [6.45, 7) is 7.63. The zero-order chi connectivity index (χ0) is 23.0. The number of para-hydroxylation sites is 1. The molecule has 2 aromatic carbocycles. The SMILES string of the molecule is CC[C@H](C(=O)N[C@@H](C)CC)N(Cc1c(Cl)cccc1Cl)C(=O)COc1ccccc1C. The second kappa shape index (κ2) is 12.0. The standard InChI is InChI=1S/C24H30Cl2N2O3/c1-5-17(4)27-24(30)21(6-2)28(14-18-19(25)11-9-12-20(18)26)23(29)15-31-22-13-8-7-10-16(22)3/h7-13,17,21H,5-6,14-15H2,1-4H3,(H,27,30)/t17-,21+/m0/s1. The van der Waals surface area contributed by atoms with E-state index in [4.69, 9.17) is 27.9 Å². The van der Waals surface area contributed by atoms with Gasteiger partial charge in [0, 0.05) is 28.2 Å². The van der Waals surface area contributed by atoms with Gasteiger partial charge in [-0.2, -0.15) is 0 Å². The third-order valence-corrected chi connectivity index (χ3v) is 5.93. The first-order valence-corrected chi connectivity index (χ1v) is 11.2. The van der Waals surface area contributed by atoms with Gasteiger partial charge in [0.2, 0.25) is 5.91 Å². The largest absolute Gasteiger partial charge is 0.484 e. The monoisotopic (exact) mass is 464 g/mol. The van der Waals surface area contributed by atoms with Crippen molar-refractivity contribution in [3.05, 3.63) is 63.6 Å². The maximum atomic E-state index is 13.2. The van der Waals surface area contributed by atoms with Gasteiger partial charge < -0.3 is 15.0 Å². The number of carbonyl (C=O) groups is 2. The van der Waals surface area contributed by atoms with Crippen molar-refractivity contribution in [2.75, 3.05) is 6.61 Å². The van der Waals surface area contributed by atoms with Crippen molar-refractivity contribution in [3.63, 3.8) is 0 Å². The summed E-state index contributed by atoms with van der Waals surface area (Å²) in [5.41, 5.74) is 1.53. The maximum absolute atomic E-state index is 13.2. The van der Waals surface area contributed by atoms with Gasteiger partial charge in [0.15, 0.2) is 6.61 Å². The summed E-state index contributed by atoms with van der Waals surface area (Å²) in [6.07, 6.45) is 1.24. The van der Waals surface area contributed by atoms with E-state index >= 15 is 0 Å². The van der Waals surface area contributed by atoms with Crippen LogP contribution in [0.2, 0.25) is 10.0 Å². The molecule has 5 nitrogen and oxygen atoms in total. The predicted octanol–water partition coefficient (Wildman–Crippen LogP) is 5.40. The van der Waals surface area contributed by atoms with E-state index in [0.29, 0.717) is 27.8 Å². The molecule has 2 amide bonds. The molecule has 0 aliphatic rings. The number of benzene rings is 2. The van der Waals surface area contributed by atoms with E-state index in [-0.39, 0.29) is 31.0 Å². The molecular formula is C24H30Cl2N2O3. The van der Waals surface area contributed by atoms with Gasteiger partial charge in [-0.05, 0) is 50.5 Å². The molecule has 0 radical (unpaired) electrons. The second-order valence-electron chi connectivity index (χ2n) is 7.52. The molecule has 7 heteroatoms. The van der Waals surface area contributed by atoms with Crippen molar-refractivity contribution in [3.8, 4) is 5.75 Å². The van der Waals surface area contributed by atoms with E-state index in [9.17, 15) is 9.59 Å². The van der Waals surface area contributed by atoms with Crippen LogP contribution in [0, 0.1) is 6.92 Å². The Balaban J connectivity index is 2.30. The number of ether oxygens (including phenoxy) is 1. The molecule has 0 unspecified atom stereocenters. The molecule has 2 rings (SSSR count). The van der Waals surface area contributed by atoms with Gasteiger partial charge in [-0.1, -0.05) is 61.3 Å². The highest BCUT2D eigenvalue weighted by Crippen LogP contribution is 2.27. The fourth-order valence-corrected chi connectivity index (χ4v) is 3.67. The second-order valence-corrected chi connectivity index (χ2v) is 8.33. The Morgan fingerprint density at radius 1 is 1.03 bits per heavy atom. The van der Waals surface area contributed by atoms with Crippen molar-refractivity contribution in [1.82, 2.24) is 10.2 Å². The highest BCUT2D eigenvalue weighted by molar-refractivity contribution is 6.36. The number of aryl methyl sites for hydroxylation is 1. The predicted molar refractivity (Wildman–Crippen MR) is 126 cm³/mol. The van der Waals surface area contributed by atoms with E-state index in [1.807, 2.05) is 52.0 Å². The Hall–Kier alpha value is -2.24. The third-order valence-electron chi connectivity index (χ3n) is 5.22. The van der Waals surface area contributed by atoms with Crippen LogP contribution < -0.4 is 10.1 Å². The van der Waals surface area contributed by atoms with Gasteiger partial charge in [0.05, 0.1) is 0 Å². The Kier molecular flexibility index (Phi) is 9.66. The van der Waals surface area contributed by atoms with E-state index in [1.54, 1.807) is 18.2 Å². The van der Waals surface area contributed by atoms with E-state index < -0.39 is 6.04 Å². The van der Waals surface area contributed by atoms with E-state index in [1.165, 1.54) is 4.90 Å². The molecule has 168 valence electrons. The zero-order valence-electron chi connectivity index (χ0n) is 18.5. The van der Waals surface area contributed by atoms with Crippen molar-refractivity contribution in [1.29, 1.82) is 0 Å². The first-order valence-electron chi connectivity index (χ1n) is 10.5. The minimum atomic E-state index is -0.672. The van der Waals surface area contributed by atoms with Crippen LogP contribution in [0.4, 0.5) is 0 Å². The Morgan fingerprint density at radius 2 is 1.68 bits per heavy atom. The minimum Gasteiger partial charge on any atom is -0.484 e. The molecule has 31 heavy (non-hydrogen) atoms. The van der Waals surface area contributed by atoms with Crippen molar-refractivity contribution >= 4 is 35.0 Å². The number of hydrogen-bond donors (Lipinski definition) is 1. The average molecular weight is 465 g/mol. The summed E-state index contributed by atoms with van der Waals surface area (Å²) in [4.78, 5) is 27.7. The molecule has 2 aromatic rings. The van der Waals surface area contributed by atoms with Crippen LogP contribution in [0.15, 0.2) is 42.5 Å². The van der Waals surface area contributed by atoms with Gasteiger partial charge in [-0.15, -0.1) is 0 Å². The highest BCUT2D eigenvalue weighted by atomic mass is 35.5. The van der Waals surface area contributed by atoms with Gasteiger partial charge >= 0.3 is 0 Å². The maximum Gasteiger partial charge on any atom is 0.261 e. The van der Waals surface area contributed by atoms with Gasteiger partial charge in [0.1, 0.15) is 11.8 Å². The van der Waals surface area contributed by atoms with Crippen molar-refractivity contribution in [2.45, 2.75) is 59.2 Å². The van der Waals surface area contributed by atoms with Crippen molar-refractivity contribution < 1.29 is 14.3 Å². The first-order chi connectivity index (χ1) is 14.8. The Labute approximate surface area is 194 Å². The number of rotatable bonds is 10. The number of halogens is 2. The Bertz CT molecular complexity index is 884. The van der Waals surface area contributed by atoms with E-state index in [2.05, 4.69) is 5.32 Å². The normalized spacial score (nSPS) is 12.7. The van der Waals surface area contributed by atoms with Crippen LogP contribution in [0.25, 0.3) is 0 Å². The lowest BCUT2D eigenvalue weighted by molar-refractivity contribution is -0.143. The molecule has 0 aromatic heterocycles. The lowest BCUT2D eigenvalue weighted by Crippen LogP contribution is -2.51. The summed E-state index contributed by atoms with van der Waals surface area (Å²) in [7, 11) is 0. The third kappa shape index (κ3) is 6.88. The fourth-order valence-electron chi connectivity index (χ4n) is 3.16. The quantitative estimate of drug-likeness (QED) is 0.511. The van der Waals surface area contributed by atoms with Crippen LogP contribution in [0.3, 0.4) is 0 Å². The van der Waals surface area contributed by atoms with Gasteiger partial charge in [0.25, 0.3) is 5.91 Å². The highest BCUT2D eigenvalue weighted by Gasteiger charge is 2.30. The van der Waals surface area contributed by atoms with Crippen LogP contribution in [-0.2, 0) is 16.1 Å². The minimum absolute atomic E-state index is 0.00521. The van der Waals surface area contributed by atoms with Crippen molar-refractivity contribution in [2.24, 2.45) is 0 Å². The molecule has 0 heterocycles. The number of hydrogen-bond acceptors (Lipinski definition) is 3. The first kappa shape index (κ1) is 25.0. The molecule has 0 saturated heterocycles. The van der Waals surface area contributed by atoms with Crippen LogP contribution >= 0.6 is 23.2 Å². The molecule has 0 bridgehead atoms. The number of carbonyl (C=O) groups excluding carboxylic acids is 2. The molecular weight excluding hydrogens is 435 g/mol. The molecule has 1 N–H and O–H groups in total. The van der Waals surface area contributed by atoms with Crippen LogP contribution in [0.1, 0.15) is 44.7 Å². The van der Waals surface area contributed by atoms with Gasteiger partial charge in [-0.3, -0.25) is 9.59 Å². The average Bonchev–Trinajstić information content (AvgIpc) is 2.74.